The third-order valence-electron chi connectivity index (χ3n) is 4.01. The summed E-state index contributed by atoms with van der Waals surface area (Å²) in [5, 5.41) is 14.9. The van der Waals surface area contributed by atoms with Crippen LogP contribution < -0.4 is 10.6 Å². The van der Waals surface area contributed by atoms with Crippen LogP contribution in [0.4, 0.5) is 11.4 Å². The third-order valence-corrected chi connectivity index (χ3v) is 4.01. The van der Waals surface area contributed by atoms with Gasteiger partial charge in [-0.25, -0.2) is 4.98 Å². The molecule has 0 aliphatic rings. The average Bonchev–Trinajstić information content (AvgIpc) is 2.68. The van der Waals surface area contributed by atoms with Gasteiger partial charge in [-0.3, -0.25) is 4.79 Å². The van der Waals surface area contributed by atoms with E-state index in [4.69, 9.17) is 5.26 Å². The van der Waals surface area contributed by atoms with E-state index in [1.807, 2.05) is 24.3 Å². The number of anilines is 2. The monoisotopic (exact) mass is 342 g/mol. The highest BCUT2D eigenvalue weighted by molar-refractivity contribution is 6.02. The second kappa shape index (κ2) is 7.95. The lowest BCUT2D eigenvalue weighted by Crippen LogP contribution is -2.13. The lowest BCUT2D eigenvalue weighted by Gasteiger charge is -2.09. The van der Waals surface area contributed by atoms with Gasteiger partial charge in [0.05, 0.1) is 23.5 Å². The standard InChI is InChI=1S/C21H18N4O/c1-15-4-2-3-5-17(15)13-23-19-10-11-20(24-14-19)21(26)25-18-8-6-16(12-22)7-9-18/h2-11,14,23H,13H2,1H3,(H,25,26). The molecule has 1 aromatic heterocycles. The van der Waals surface area contributed by atoms with E-state index in [9.17, 15) is 4.79 Å². The molecule has 0 aliphatic carbocycles. The first-order chi connectivity index (χ1) is 12.7. The number of aromatic nitrogens is 1. The SMILES string of the molecule is Cc1ccccc1CNc1ccc(C(=O)Nc2ccc(C#N)cc2)nc1. The van der Waals surface area contributed by atoms with Crippen LogP contribution in [0.2, 0.25) is 0 Å². The van der Waals surface area contributed by atoms with Crippen LogP contribution in [0.25, 0.3) is 0 Å². The van der Waals surface area contributed by atoms with Crippen LogP contribution in [0, 0.1) is 18.3 Å². The minimum Gasteiger partial charge on any atom is -0.380 e. The number of nitrogens with zero attached hydrogens (tertiary/aromatic N) is 2. The highest BCUT2D eigenvalue weighted by atomic mass is 16.1. The van der Waals surface area contributed by atoms with Crippen LogP contribution in [0.15, 0.2) is 66.9 Å². The molecular weight excluding hydrogens is 324 g/mol. The van der Waals surface area contributed by atoms with E-state index < -0.39 is 0 Å². The molecule has 2 N–H and O–H groups in total. The molecular formula is C21H18N4O. The molecule has 0 bridgehead atoms. The summed E-state index contributed by atoms with van der Waals surface area (Å²) in [4.78, 5) is 16.5. The van der Waals surface area contributed by atoms with Gasteiger partial charge in [-0.1, -0.05) is 24.3 Å². The van der Waals surface area contributed by atoms with Crippen molar-refractivity contribution in [1.29, 1.82) is 5.26 Å². The van der Waals surface area contributed by atoms with Crippen LogP contribution in [-0.4, -0.2) is 10.9 Å². The number of carbonyl (C=O) groups excluding carboxylic acids is 1. The molecule has 0 radical (unpaired) electrons. The van der Waals surface area contributed by atoms with Gasteiger partial charge in [0.2, 0.25) is 0 Å². The molecule has 0 spiro atoms. The molecule has 0 saturated heterocycles. The van der Waals surface area contributed by atoms with Crippen molar-refractivity contribution in [1.82, 2.24) is 4.98 Å². The summed E-state index contributed by atoms with van der Waals surface area (Å²) < 4.78 is 0. The molecule has 2 aromatic carbocycles. The molecule has 3 aromatic rings. The number of nitrogens with one attached hydrogen (secondary N) is 2. The normalized spacial score (nSPS) is 10.0. The smallest absolute Gasteiger partial charge is 0.274 e. The summed E-state index contributed by atoms with van der Waals surface area (Å²) in [6.45, 7) is 2.77. The lowest BCUT2D eigenvalue weighted by molar-refractivity contribution is 0.102. The van der Waals surface area contributed by atoms with Gasteiger partial charge in [0, 0.05) is 12.2 Å². The number of carbonyl (C=O) groups is 1. The van der Waals surface area contributed by atoms with Crippen LogP contribution in [-0.2, 0) is 6.54 Å². The molecule has 0 aliphatic heterocycles. The first-order valence-corrected chi connectivity index (χ1v) is 8.21. The molecule has 0 fully saturated rings. The van der Waals surface area contributed by atoms with E-state index in [1.165, 1.54) is 11.1 Å². The number of pyridine rings is 1. The molecule has 0 saturated carbocycles. The highest BCUT2D eigenvalue weighted by Crippen LogP contribution is 2.13. The molecule has 1 heterocycles. The van der Waals surface area contributed by atoms with Gasteiger partial charge < -0.3 is 10.6 Å². The van der Waals surface area contributed by atoms with E-state index in [1.54, 1.807) is 36.5 Å². The largest absolute Gasteiger partial charge is 0.380 e. The number of hydrogen-bond acceptors (Lipinski definition) is 4. The predicted octanol–water partition coefficient (Wildman–Crippen LogP) is 4.13. The molecule has 1 amide bonds. The predicted molar refractivity (Wildman–Crippen MR) is 102 cm³/mol. The Morgan fingerprint density at radius 2 is 1.77 bits per heavy atom. The molecule has 0 atom stereocenters. The summed E-state index contributed by atoms with van der Waals surface area (Å²) in [6, 6.07) is 20.4. The van der Waals surface area contributed by atoms with Crippen molar-refractivity contribution in [2.75, 3.05) is 10.6 Å². The van der Waals surface area contributed by atoms with Crippen LogP contribution in [0.5, 0.6) is 0 Å². The van der Waals surface area contributed by atoms with Gasteiger partial charge in [0.15, 0.2) is 0 Å². The fourth-order valence-electron chi connectivity index (χ4n) is 2.46. The Morgan fingerprint density at radius 3 is 2.42 bits per heavy atom. The van der Waals surface area contributed by atoms with Gasteiger partial charge in [-0.2, -0.15) is 5.26 Å². The second-order valence-electron chi connectivity index (χ2n) is 5.86. The number of rotatable bonds is 5. The van der Waals surface area contributed by atoms with Crippen molar-refractivity contribution < 1.29 is 4.79 Å². The Kier molecular flexibility index (Phi) is 5.25. The first-order valence-electron chi connectivity index (χ1n) is 8.21. The van der Waals surface area contributed by atoms with Crippen LogP contribution in [0.3, 0.4) is 0 Å². The molecule has 3 rings (SSSR count). The van der Waals surface area contributed by atoms with Crippen molar-refractivity contribution in [3.63, 3.8) is 0 Å². The molecule has 5 heteroatoms. The van der Waals surface area contributed by atoms with Crippen molar-refractivity contribution in [3.8, 4) is 6.07 Å². The van der Waals surface area contributed by atoms with Gasteiger partial charge in [-0.15, -0.1) is 0 Å². The maximum absolute atomic E-state index is 12.2. The van der Waals surface area contributed by atoms with E-state index in [0.717, 1.165) is 5.69 Å². The zero-order valence-corrected chi connectivity index (χ0v) is 14.4. The van der Waals surface area contributed by atoms with Crippen molar-refractivity contribution in [3.05, 3.63) is 89.2 Å². The summed E-state index contributed by atoms with van der Waals surface area (Å²) in [6.07, 6.45) is 1.64. The van der Waals surface area contributed by atoms with Gasteiger partial charge >= 0.3 is 0 Å². The minimum atomic E-state index is -0.292. The molecule has 5 nitrogen and oxygen atoms in total. The Balaban J connectivity index is 1.60. The summed E-state index contributed by atoms with van der Waals surface area (Å²) in [5.74, 6) is -0.292. The second-order valence-corrected chi connectivity index (χ2v) is 5.86. The lowest BCUT2D eigenvalue weighted by atomic mass is 10.1. The van der Waals surface area contributed by atoms with Crippen LogP contribution in [0.1, 0.15) is 27.2 Å². The van der Waals surface area contributed by atoms with Gasteiger partial charge in [-0.05, 0) is 54.4 Å². The van der Waals surface area contributed by atoms with Crippen molar-refractivity contribution >= 4 is 17.3 Å². The van der Waals surface area contributed by atoms with E-state index >= 15 is 0 Å². The summed E-state index contributed by atoms with van der Waals surface area (Å²) >= 11 is 0. The number of hydrogen-bond donors (Lipinski definition) is 2. The fourth-order valence-corrected chi connectivity index (χ4v) is 2.46. The van der Waals surface area contributed by atoms with Gasteiger partial charge in [0.1, 0.15) is 5.69 Å². The van der Waals surface area contributed by atoms with E-state index in [2.05, 4.69) is 34.7 Å². The van der Waals surface area contributed by atoms with Crippen molar-refractivity contribution in [2.24, 2.45) is 0 Å². The zero-order valence-electron chi connectivity index (χ0n) is 14.4. The minimum absolute atomic E-state index is 0.292. The highest BCUT2D eigenvalue weighted by Gasteiger charge is 2.08. The van der Waals surface area contributed by atoms with E-state index in [-0.39, 0.29) is 5.91 Å². The Bertz CT molecular complexity index is 941. The molecule has 0 unspecified atom stereocenters. The zero-order chi connectivity index (χ0) is 18.4. The average molecular weight is 342 g/mol. The Hall–Kier alpha value is -3.65. The maximum Gasteiger partial charge on any atom is 0.274 e. The summed E-state index contributed by atoms with van der Waals surface area (Å²) in [5.41, 5.74) is 4.79. The Labute approximate surface area is 152 Å². The number of aryl methyl sites for hydroxylation is 1. The quantitative estimate of drug-likeness (QED) is 0.731. The van der Waals surface area contributed by atoms with Crippen LogP contribution >= 0.6 is 0 Å². The number of benzene rings is 2. The van der Waals surface area contributed by atoms with Gasteiger partial charge in [0.25, 0.3) is 5.91 Å². The number of amides is 1. The van der Waals surface area contributed by atoms with Crippen molar-refractivity contribution in [2.45, 2.75) is 13.5 Å². The topological polar surface area (TPSA) is 77.8 Å². The number of nitriles is 1. The first kappa shape index (κ1) is 17.2. The summed E-state index contributed by atoms with van der Waals surface area (Å²) in [7, 11) is 0. The molecule has 26 heavy (non-hydrogen) atoms. The molecule has 128 valence electrons. The third kappa shape index (κ3) is 4.25. The maximum atomic E-state index is 12.2. The van der Waals surface area contributed by atoms with E-state index in [0.29, 0.717) is 23.5 Å². The Morgan fingerprint density at radius 1 is 1.04 bits per heavy atom. The fraction of sp³-hybridized carbons (Fsp3) is 0.0952.